The third kappa shape index (κ3) is 3.15. The Hall–Kier alpha value is -1.07. The largest absolute Gasteiger partial charge is 0.368 e. The highest BCUT2D eigenvalue weighted by atomic mass is 32.2. The average molecular weight is 296 g/mol. The van der Waals surface area contributed by atoms with Crippen molar-refractivity contribution in [1.82, 2.24) is 0 Å². The Labute approximate surface area is 121 Å². The van der Waals surface area contributed by atoms with Gasteiger partial charge in [-0.15, -0.1) is 0 Å². The van der Waals surface area contributed by atoms with Crippen LogP contribution < -0.4 is 10.6 Å². The summed E-state index contributed by atoms with van der Waals surface area (Å²) < 4.78 is 24.8. The molecule has 1 aliphatic rings. The van der Waals surface area contributed by atoms with E-state index in [2.05, 4.69) is 11.8 Å². The molecule has 1 aromatic carbocycles. The van der Waals surface area contributed by atoms with Gasteiger partial charge in [-0.05, 0) is 38.3 Å². The highest BCUT2D eigenvalue weighted by Crippen LogP contribution is 2.31. The molecule has 1 heterocycles. The first kappa shape index (κ1) is 15.3. The number of benzene rings is 1. The average Bonchev–Trinajstić information content (AvgIpc) is 2.39. The normalized spacial score (nSPS) is 23.9. The SMILES string of the molecule is CCCS(=O)(=O)c1ccccc1N1CCC(N)CC1C. The van der Waals surface area contributed by atoms with Gasteiger partial charge in [0.15, 0.2) is 9.84 Å². The number of hydrogen-bond acceptors (Lipinski definition) is 4. The van der Waals surface area contributed by atoms with Crippen molar-refractivity contribution < 1.29 is 8.42 Å². The summed E-state index contributed by atoms with van der Waals surface area (Å²) in [5.41, 5.74) is 6.83. The second-order valence-corrected chi connectivity index (χ2v) is 7.69. The predicted molar refractivity (Wildman–Crippen MR) is 82.8 cm³/mol. The van der Waals surface area contributed by atoms with E-state index in [1.165, 1.54) is 0 Å². The summed E-state index contributed by atoms with van der Waals surface area (Å²) >= 11 is 0. The van der Waals surface area contributed by atoms with Crippen molar-refractivity contribution in [3.05, 3.63) is 24.3 Å². The van der Waals surface area contributed by atoms with Gasteiger partial charge in [0.25, 0.3) is 0 Å². The van der Waals surface area contributed by atoms with E-state index in [0.717, 1.165) is 25.1 Å². The summed E-state index contributed by atoms with van der Waals surface area (Å²) in [6.07, 6.45) is 2.45. The third-order valence-corrected chi connectivity index (χ3v) is 5.86. The van der Waals surface area contributed by atoms with Gasteiger partial charge in [0, 0.05) is 18.6 Å². The van der Waals surface area contributed by atoms with Crippen LogP contribution in [0.25, 0.3) is 0 Å². The van der Waals surface area contributed by atoms with Crippen LogP contribution in [0, 0.1) is 0 Å². The molecule has 0 saturated carbocycles. The molecule has 0 radical (unpaired) electrons. The molecule has 1 fully saturated rings. The summed E-state index contributed by atoms with van der Waals surface area (Å²) in [5.74, 6) is 0.200. The fourth-order valence-corrected chi connectivity index (χ4v) is 4.45. The van der Waals surface area contributed by atoms with Crippen molar-refractivity contribution in [1.29, 1.82) is 0 Å². The molecule has 0 bridgehead atoms. The van der Waals surface area contributed by atoms with E-state index < -0.39 is 9.84 Å². The molecular formula is C15H24N2O2S. The van der Waals surface area contributed by atoms with E-state index in [1.54, 1.807) is 12.1 Å². The highest BCUT2D eigenvalue weighted by Gasteiger charge is 2.27. The van der Waals surface area contributed by atoms with Crippen molar-refractivity contribution >= 4 is 15.5 Å². The molecule has 112 valence electrons. The number of nitrogens with two attached hydrogens (primary N) is 1. The van der Waals surface area contributed by atoms with E-state index in [1.807, 2.05) is 19.1 Å². The smallest absolute Gasteiger partial charge is 0.180 e. The van der Waals surface area contributed by atoms with Crippen LogP contribution >= 0.6 is 0 Å². The van der Waals surface area contributed by atoms with Gasteiger partial charge in [0.1, 0.15) is 0 Å². The van der Waals surface area contributed by atoms with Gasteiger partial charge in [-0.3, -0.25) is 0 Å². The first-order valence-corrected chi connectivity index (χ1v) is 8.95. The summed E-state index contributed by atoms with van der Waals surface area (Å²) in [6, 6.07) is 7.84. The number of hydrogen-bond donors (Lipinski definition) is 1. The Bertz CT molecular complexity index is 557. The molecule has 2 N–H and O–H groups in total. The maximum Gasteiger partial charge on any atom is 0.180 e. The van der Waals surface area contributed by atoms with E-state index in [4.69, 9.17) is 5.73 Å². The first-order chi connectivity index (χ1) is 9.45. The van der Waals surface area contributed by atoms with Crippen LogP contribution in [0.1, 0.15) is 33.1 Å². The molecule has 1 saturated heterocycles. The van der Waals surface area contributed by atoms with Gasteiger partial charge >= 0.3 is 0 Å². The van der Waals surface area contributed by atoms with Crippen LogP contribution in [0.3, 0.4) is 0 Å². The predicted octanol–water partition coefficient (Wildman–Crippen LogP) is 2.19. The lowest BCUT2D eigenvalue weighted by atomic mass is 9.98. The van der Waals surface area contributed by atoms with Gasteiger partial charge in [-0.1, -0.05) is 19.1 Å². The van der Waals surface area contributed by atoms with Crippen LogP contribution in [0.4, 0.5) is 5.69 Å². The fourth-order valence-electron chi connectivity index (χ4n) is 2.90. The maximum absolute atomic E-state index is 12.4. The molecule has 4 nitrogen and oxygen atoms in total. The zero-order valence-corrected chi connectivity index (χ0v) is 13.1. The van der Waals surface area contributed by atoms with Crippen LogP contribution in [0.15, 0.2) is 29.2 Å². The quantitative estimate of drug-likeness (QED) is 0.925. The first-order valence-electron chi connectivity index (χ1n) is 7.29. The lowest BCUT2D eigenvalue weighted by Gasteiger charge is -2.39. The van der Waals surface area contributed by atoms with Crippen molar-refractivity contribution in [2.24, 2.45) is 5.73 Å². The van der Waals surface area contributed by atoms with Gasteiger partial charge in [0.2, 0.25) is 0 Å². The second kappa shape index (κ2) is 6.14. The lowest BCUT2D eigenvalue weighted by Crippen LogP contribution is -2.46. The Morgan fingerprint density at radius 3 is 2.70 bits per heavy atom. The van der Waals surface area contributed by atoms with Crippen molar-refractivity contribution in [2.75, 3.05) is 17.2 Å². The van der Waals surface area contributed by atoms with E-state index in [9.17, 15) is 8.42 Å². The lowest BCUT2D eigenvalue weighted by molar-refractivity contribution is 0.428. The Morgan fingerprint density at radius 2 is 2.05 bits per heavy atom. The minimum Gasteiger partial charge on any atom is -0.368 e. The number of nitrogens with zero attached hydrogens (tertiary/aromatic N) is 1. The molecule has 5 heteroatoms. The standard InChI is InChI=1S/C15H24N2O2S/c1-3-10-20(18,19)15-7-5-4-6-14(15)17-9-8-13(16)11-12(17)2/h4-7,12-13H,3,8-11,16H2,1-2H3. The summed E-state index contributed by atoms with van der Waals surface area (Å²) in [4.78, 5) is 2.65. The number of rotatable bonds is 4. The van der Waals surface area contributed by atoms with Crippen molar-refractivity contribution in [3.63, 3.8) is 0 Å². The van der Waals surface area contributed by atoms with E-state index in [-0.39, 0.29) is 17.8 Å². The molecule has 1 aliphatic heterocycles. The molecule has 0 amide bonds. The number of anilines is 1. The molecule has 0 spiro atoms. The van der Waals surface area contributed by atoms with Crippen molar-refractivity contribution in [2.45, 2.75) is 50.1 Å². The van der Waals surface area contributed by atoms with Crippen LogP contribution in [0.2, 0.25) is 0 Å². The van der Waals surface area contributed by atoms with Gasteiger partial charge in [-0.25, -0.2) is 8.42 Å². The zero-order valence-electron chi connectivity index (χ0n) is 12.2. The molecule has 20 heavy (non-hydrogen) atoms. The highest BCUT2D eigenvalue weighted by molar-refractivity contribution is 7.91. The summed E-state index contributed by atoms with van der Waals surface area (Å²) in [7, 11) is -3.20. The molecule has 1 aromatic rings. The molecular weight excluding hydrogens is 272 g/mol. The maximum atomic E-state index is 12.4. The van der Waals surface area contributed by atoms with Crippen LogP contribution in [0.5, 0.6) is 0 Å². The Balaban J connectivity index is 2.38. The van der Waals surface area contributed by atoms with Crippen LogP contribution in [-0.2, 0) is 9.84 Å². The van der Waals surface area contributed by atoms with Crippen molar-refractivity contribution in [3.8, 4) is 0 Å². The molecule has 0 aromatic heterocycles. The van der Waals surface area contributed by atoms with Gasteiger partial charge in [-0.2, -0.15) is 0 Å². The van der Waals surface area contributed by atoms with Gasteiger partial charge in [0.05, 0.1) is 16.3 Å². The third-order valence-electron chi connectivity index (χ3n) is 3.90. The molecule has 2 unspecified atom stereocenters. The summed E-state index contributed by atoms with van der Waals surface area (Å²) in [6.45, 7) is 4.83. The van der Waals surface area contributed by atoms with E-state index in [0.29, 0.717) is 11.3 Å². The van der Waals surface area contributed by atoms with E-state index >= 15 is 0 Å². The summed E-state index contributed by atoms with van der Waals surface area (Å²) in [5, 5.41) is 0. The Morgan fingerprint density at radius 1 is 1.35 bits per heavy atom. The topological polar surface area (TPSA) is 63.4 Å². The second-order valence-electron chi connectivity index (χ2n) is 5.61. The monoisotopic (exact) mass is 296 g/mol. The number of sulfone groups is 1. The van der Waals surface area contributed by atoms with Crippen LogP contribution in [-0.4, -0.2) is 32.8 Å². The zero-order chi connectivity index (χ0) is 14.8. The number of piperidine rings is 1. The molecule has 0 aliphatic carbocycles. The minimum atomic E-state index is -3.20. The van der Waals surface area contributed by atoms with Gasteiger partial charge < -0.3 is 10.6 Å². The minimum absolute atomic E-state index is 0.200. The molecule has 2 atom stereocenters. The fraction of sp³-hybridized carbons (Fsp3) is 0.600. The Kier molecular flexibility index (Phi) is 4.70. The number of para-hydroxylation sites is 1. The molecule has 2 rings (SSSR count).